The lowest BCUT2D eigenvalue weighted by atomic mass is 9.74. The molecule has 6 nitrogen and oxygen atoms in total. The van der Waals surface area contributed by atoms with E-state index in [-0.39, 0.29) is 5.91 Å². The van der Waals surface area contributed by atoms with E-state index in [1.807, 2.05) is 71.8 Å². The highest BCUT2D eigenvalue weighted by Crippen LogP contribution is 2.57. The summed E-state index contributed by atoms with van der Waals surface area (Å²) < 4.78 is 6.30. The summed E-state index contributed by atoms with van der Waals surface area (Å²) in [7, 11) is 0. The summed E-state index contributed by atoms with van der Waals surface area (Å²) in [4.78, 5) is 19.2. The zero-order valence-electron chi connectivity index (χ0n) is 18.8. The Morgan fingerprint density at radius 1 is 0.824 bits per heavy atom. The molecule has 6 rings (SSSR count). The molecule has 34 heavy (non-hydrogen) atoms. The number of benzene rings is 3. The number of carbonyl (C=O) groups is 1. The Bertz CT molecular complexity index is 1340. The predicted octanol–water partition coefficient (Wildman–Crippen LogP) is 5.06. The second-order valence-corrected chi connectivity index (χ2v) is 8.98. The van der Waals surface area contributed by atoms with Crippen molar-refractivity contribution in [2.45, 2.75) is 24.8 Å². The SMILES string of the molecule is Nc1ccc2c(c1)Oc1cc(N)ccc1C21c2ccccc2C(=O)N1CCCCc1ccc[nH]1. The monoisotopic (exact) mass is 450 g/mol. The Morgan fingerprint density at radius 2 is 1.53 bits per heavy atom. The summed E-state index contributed by atoms with van der Waals surface area (Å²) in [6.45, 7) is 0.613. The number of anilines is 2. The molecule has 2 aliphatic heterocycles. The number of rotatable bonds is 5. The quantitative estimate of drug-likeness (QED) is 0.293. The molecule has 2 aliphatic rings. The average molecular weight is 451 g/mol. The lowest BCUT2D eigenvalue weighted by Gasteiger charge is -2.44. The number of aryl methyl sites for hydroxylation is 1. The number of unbranched alkanes of at least 4 members (excludes halogenated alkanes) is 1. The maximum Gasteiger partial charge on any atom is 0.255 e. The normalized spacial score (nSPS) is 15.1. The van der Waals surface area contributed by atoms with Crippen LogP contribution < -0.4 is 16.2 Å². The first kappa shape index (κ1) is 20.4. The van der Waals surface area contributed by atoms with Gasteiger partial charge in [-0.15, -0.1) is 0 Å². The highest BCUT2D eigenvalue weighted by Gasteiger charge is 2.55. The maximum absolute atomic E-state index is 13.9. The van der Waals surface area contributed by atoms with Crippen molar-refractivity contribution >= 4 is 17.3 Å². The predicted molar refractivity (Wildman–Crippen MR) is 133 cm³/mol. The van der Waals surface area contributed by atoms with Gasteiger partial charge in [-0.3, -0.25) is 4.79 Å². The van der Waals surface area contributed by atoms with E-state index in [2.05, 4.69) is 17.1 Å². The Morgan fingerprint density at radius 3 is 2.21 bits per heavy atom. The van der Waals surface area contributed by atoms with Crippen LogP contribution in [0, 0.1) is 0 Å². The zero-order valence-corrected chi connectivity index (χ0v) is 18.8. The van der Waals surface area contributed by atoms with Gasteiger partial charge in [-0.25, -0.2) is 0 Å². The number of nitrogens with zero attached hydrogens (tertiary/aromatic N) is 1. The van der Waals surface area contributed by atoms with Crippen molar-refractivity contribution in [1.82, 2.24) is 9.88 Å². The number of H-pyrrole nitrogens is 1. The maximum atomic E-state index is 13.9. The molecule has 0 bridgehead atoms. The van der Waals surface area contributed by atoms with Crippen molar-refractivity contribution in [2.75, 3.05) is 18.0 Å². The van der Waals surface area contributed by atoms with Crippen LogP contribution in [0.4, 0.5) is 11.4 Å². The van der Waals surface area contributed by atoms with E-state index in [0.717, 1.165) is 41.5 Å². The first-order valence-electron chi connectivity index (χ1n) is 11.6. The van der Waals surface area contributed by atoms with Crippen molar-refractivity contribution in [3.8, 4) is 11.5 Å². The molecular formula is C28H26N4O2. The molecule has 0 aliphatic carbocycles. The van der Waals surface area contributed by atoms with Crippen LogP contribution in [0.2, 0.25) is 0 Å². The van der Waals surface area contributed by atoms with Gasteiger partial charge in [-0.2, -0.15) is 0 Å². The second-order valence-electron chi connectivity index (χ2n) is 8.98. The van der Waals surface area contributed by atoms with Crippen molar-refractivity contribution < 1.29 is 9.53 Å². The lowest BCUT2D eigenvalue weighted by Crippen LogP contribution is -2.47. The van der Waals surface area contributed by atoms with Crippen LogP contribution in [0.3, 0.4) is 0 Å². The van der Waals surface area contributed by atoms with Crippen LogP contribution >= 0.6 is 0 Å². The van der Waals surface area contributed by atoms with Crippen LogP contribution in [-0.4, -0.2) is 22.3 Å². The smallest absolute Gasteiger partial charge is 0.255 e. The van der Waals surface area contributed by atoms with E-state index >= 15 is 0 Å². The van der Waals surface area contributed by atoms with Crippen molar-refractivity contribution in [1.29, 1.82) is 0 Å². The number of hydrogen-bond acceptors (Lipinski definition) is 4. The molecule has 5 N–H and O–H groups in total. The molecule has 0 unspecified atom stereocenters. The minimum absolute atomic E-state index is 0.0305. The number of ether oxygens (including phenoxy) is 1. The molecule has 0 saturated carbocycles. The number of hydrogen-bond donors (Lipinski definition) is 3. The van der Waals surface area contributed by atoms with Crippen LogP contribution in [0.5, 0.6) is 11.5 Å². The van der Waals surface area contributed by atoms with Gasteiger partial charge >= 0.3 is 0 Å². The third kappa shape index (κ3) is 2.91. The molecule has 0 radical (unpaired) electrons. The molecule has 4 aromatic rings. The van der Waals surface area contributed by atoms with Crippen molar-refractivity contribution in [3.63, 3.8) is 0 Å². The molecule has 1 spiro atoms. The van der Waals surface area contributed by atoms with Gasteiger partial charge in [0.15, 0.2) is 0 Å². The Kier molecular flexibility index (Phi) is 4.62. The van der Waals surface area contributed by atoms with Crippen LogP contribution in [-0.2, 0) is 12.0 Å². The van der Waals surface area contributed by atoms with E-state index in [4.69, 9.17) is 16.2 Å². The van der Waals surface area contributed by atoms with Gasteiger partial charge in [0.1, 0.15) is 17.0 Å². The summed E-state index contributed by atoms with van der Waals surface area (Å²) in [5.41, 5.74) is 17.4. The number of carbonyl (C=O) groups excluding carboxylic acids is 1. The first-order valence-corrected chi connectivity index (χ1v) is 11.6. The molecule has 1 aromatic heterocycles. The van der Waals surface area contributed by atoms with Gasteiger partial charge in [0, 0.05) is 58.6 Å². The standard InChI is InChI=1S/C28H26N4O2/c29-18-10-12-23-25(16-18)34-26-17-19(30)11-13-24(26)28(23)22-9-2-1-8-21(22)27(33)32(28)15-4-3-6-20-7-5-14-31-20/h1-2,5,7-14,16-17,31H,3-4,6,15,29-30H2. The number of aromatic amines is 1. The van der Waals surface area contributed by atoms with Gasteiger partial charge < -0.3 is 26.1 Å². The number of amides is 1. The van der Waals surface area contributed by atoms with Gasteiger partial charge in [0.05, 0.1) is 0 Å². The molecule has 170 valence electrons. The highest BCUT2D eigenvalue weighted by molar-refractivity contribution is 6.02. The number of nitrogen functional groups attached to an aromatic ring is 2. The van der Waals surface area contributed by atoms with Crippen LogP contribution in [0.25, 0.3) is 0 Å². The largest absolute Gasteiger partial charge is 0.456 e. The third-order valence-corrected chi connectivity index (χ3v) is 6.95. The molecule has 3 aromatic carbocycles. The van der Waals surface area contributed by atoms with Gasteiger partial charge in [0.2, 0.25) is 0 Å². The summed E-state index contributed by atoms with van der Waals surface area (Å²) in [6, 6.07) is 23.4. The van der Waals surface area contributed by atoms with E-state index < -0.39 is 5.54 Å². The summed E-state index contributed by atoms with van der Waals surface area (Å²) in [6.07, 6.45) is 4.73. The van der Waals surface area contributed by atoms with Crippen molar-refractivity contribution in [2.24, 2.45) is 0 Å². The minimum Gasteiger partial charge on any atom is -0.456 e. The van der Waals surface area contributed by atoms with Crippen LogP contribution in [0.15, 0.2) is 79.0 Å². The van der Waals surface area contributed by atoms with Crippen molar-refractivity contribution in [3.05, 3.63) is 107 Å². The Hall–Kier alpha value is -4.19. The van der Waals surface area contributed by atoms with E-state index in [9.17, 15) is 4.79 Å². The molecule has 0 saturated heterocycles. The Labute approximate surface area is 198 Å². The van der Waals surface area contributed by atoms with E-state index in [1.165, 1.54) is 5.69 Å². The number of nitrogens with two attached hydrogens (primary N) is 2. The minimum atomic E-state index is -0.801. The fraction of sp³-hybridized carbons (Fsp3) is 0.179. The van der Waals surface area contributed by atoms with Gasteiger partial charge in [0.25, 0.3) is 5.91 Å². The number of fused-ring (bicyclic) bond motifs is 6. The fourth-order valence-electron chi connectivity index (χ4n) is 5.49. The lowest BCUT2D eigenvalue weighted by molar-refractivity contribution is 0.0661. The molecule has 0 atom stereocenters. The second kappa shape index (κ2) is 7.70. The molecule has 1 amide bonds. The van der Waals surface area contributed by atoms with Crippen LogP contribution in [0.1, 0.15) is 45.6 Å². The fourth-order valence-corrected chi connectivity index (χ4v) is 5.49. The molecular weight excluding hydrogens is 424 g/mol. The molecule has 0 fully saturated rings. The molecule has 3 heterocycles. The van der Waals surface area contributed by atoms with E-state index in [0.29, 0.717) is 29.4 Å². The first-order chi connectivity index (χ1) is 16.6. The van der Waals surface area contributed by atoms with Gasteiger partial charge in [-0.1, -0.05) is 30.3 Å². The summed E-state index contributed by atoms with van der Waals surface area (Å²) >= 11 is 0. The van der Waals surface area contributed by atoms with Gasteiger partial charge in [-0.05, 0) is 55.2 Å². The summed E-state index contributed by atoms with van der Waals surface area (Å²) in [5.74, 6) is 1.33. The number of aromatic nitrogens is 1. The topological polar surface area (TPSA) is 97.4 Å². The highest BCUT2D eigenvalue weighted by atomic mass is 16.5. The third-order valence-electron chi connectivity index (χ3n) is 6.95. The Balaban J connectivity index is 1.51. The zero-order chi connectivity index (χ0) is 23.3. The number of nitrogens with one attached hydrogen (secondary N) is 1. The van der Waals surface area contributed by atoms with E-state index in [1.54, 1.807) is 0 Å². The average Bonchev–Trinajstić information content (AvgIpc) is 3.43. The summed E-state index contributed by atoms with van der Waals surface area (Å²) in [5, 5.41) is 0. The molecule has 6 heteroatoms.